The van der Waals surface area contributed by atoms with Crippen molar-refractivity contribution in [2.24, 2.45) is 0 Å². The Balaban J connectivity index is 3.83. The average Bonchev–Trinajstić information content (AvgIpc) is 2.19. The lowest BCUT2D eigenvalue weighted by Crippen LogP contribution is -2.04. The third-order valence-corrected chi connectivity index (χ3v) is 2.18. The SMILES string of the molecule is [CH2]c1cc([N+](=O)[O-])c([N+](=O)[O-])c([N+](=O)[O-])c1C. The zero-order valence-electron chi connectivity index (χ0n) is 8.58. The van der Waals surface area contributed by atoms with Crippen LogP contribution in [0.15, 0.2) is 6.07 Å². The fraction of sp³-hybridized carbons (Fsp3) is 0.125. The van der Waals surface area contributed by atoms with Crippen molar-refractivity contribution < 1.29 is 14.8 Å². The fourth-order valence-electron chi connectivity index (χ4n) is 1.34. The van der Waals surface area contributed by atoms with Crippen molar-refractivity contribution in [1.82, 2.24) is 0 Å². The molecule has 0 unspecified atom stereocenters. The largest absolute Gasteiger partial charge is 0.422 e. The summed E-state index contributed by atoms with van der Waals surface area (Å²) in [6, 6.07) is 0.848. The maximum Gasteiger partial charge on any atom is 0.422 e. The quantitative estimate of drug-likeness (QED) is 0.585. The number of rotatable bonds is 3. The summed E-state index contributed by atoms with van der Waals surface area (Å²) in [6.45, 7) is 4.62. The van der Waals surface area contributed by atoms with Gasteiger partial charge >= 0.3 is 17.1 Å². The smallest absolute Gasteiger partial charge is 0.258 e. The molecule has 0 aliphatic heterocycles. The molecule has 0 fully saturated rings. The van der Waals surface area contributed by atoms with Gasteiger partial charge in [-0.3, -0.25) is 30.3 Å². The molecule has 0 aromatic heterocycles. The first-order chi connectivity index (χ1) is 7.77. The van der Waals surface area contributed by atoms with Gasteiger partial charge in [0.15, 0.2) is 0 Å². The molecule has 9 heteroatoms. The van der Waals surface area contributed by atoms with Gasteiger partial charge in [0, 0.05) is 11.6 Å². The number of nitro groups is 3. The zero-order valence-corrected chi connectivity index (χ0v) is 8.58. The molecule has 89 valence electrons. The van der Waals surface area contributed by atoms with Gasteiger partial charge in [-0.2, -0.15) is 0 Å². The first-order valence-electron chi connectivity index (χ1n) is 4.20. The molecule has 9 nitrogen and oxygen atoms in total. The molecule has 0 saturated heterocycles. The number of hydrogen-bond donors (Lipinski definition) is 0. The van der Waals surface area contributed by atoms with E-state index in [4.69, 9.17) is 0 Å². The van der Waals surface area contributed by atoms with Crippen molar-refractivity contribution in [3.63, 3.8) is 0 Å². The molecule has 1 radical (unpaired) electrons. The van der Waals surface area contributed by atoms with E-state index in [1.807, 2.05) is 0 Å². The van der Waals surface area contributed by atoms with Crippen LogP contribution >= 0.6 is 0 Å². The molecule has 1 aromatic rings. The van der Waals surface area contributed by atoms with Crippen LogP contribution in [0.25, 0.3) is 0 Å². The van der Waals surface area contributed by atoms with Gasteiger partial charge < -0.3 is 0 Å². The highest BCUT2D eigenvalue weighted by atomic mass is 16.6. The van der Waals surface area contributed by atoms with Crippen LogP contribution < -0.4 is 0 Å². The lowest BCUT2D eigenvalue weighted by atomic mass is 10.1. The molecule has 0 saturated carbocycles. The van der Waals surface area contributed by atoms with Gasteiger partial charge in [-0.25, -0.2) is 0 Å². The third kappa shape index (κ3) is 2.02. The first-order valence-corrected chi connectivity index (χ1v) is 4.20. The fourth-order valence-corrected chi connectivity index (χ4v) is 1.34. The molecule has 0 bridgehead atoms. The van der Waals surface area contributed by atoms with E-state index < -0.39 is 31.8 Å². The van der Waals surface area contributed by atoms with Gasteiger partial charge in [-0.15, -0.1) is 0 Å². The second-order valence-electron chi connectivity index (χ2n) is 3.15. The topological polar surface area (TPSA) is 129 Å². The van der Waals surface area contributed by atoms with E-state index in [2.05, 4.69) is 6.92 Å². The molecular formula is C8H6N3O6. The Hall–Kier alpha value is -2.58. The van der Waals surface area contributed by atoms with Crippen molar-refractivity contribution in [1.29, 1.82) is 0 Å². The predicted molar refractivity (Wildman–Crippen MR) is 55.6 cm³/mol. The molecule has 0 heterocycles. The highest BCUT2D eigenvalue weighted by Crippen LogP contribution is 2.40. The highest BCUT2D eigenvalue weighted by molar-refractivity contribution is 5.71. The Labute approximate surface area is 94.1 Å². The van der Waals surface area contributed by atoms with Gasteiger partial charge in [0.2, 0.25) is 0 Å². The standard InChI is InChI=1S/C8H6N3O6/c1-4-3-6(9(12)13)8(11(16)17)7(5(4)2)10(14)15/h3H,1H2,2H3. The molecule has 0 N–H and O–H groups in total. The molecule has 0 amide bonds. The van der Waals surface area contributed by atoms with Crippen LogP contribution in [-0.2, 0) is 0 Å². The van der Waals surface area contributed by atoms with Crippen LogP contribution in [-0.4, -0.2) is 14.8 Å². The molecule has 1 rings (SSSR count). The number of hydrogen-bond acceptors (Lipinski definition) is 6. The van der Waals surface area contributed by atoms with Crippen LogP contribution in [0.4, 0.5) is 17.1 Å². The summed E-state index contributed by atoms with van der Waals surface area (Å²) in [7, 11) is 0. The maximum absolute atomic E-state index is 10.7. The Kier molecular flexibility index (Phi) is 3.03. The molecule has 0 aliphatic carbocycles. The van der Waals surface area contributed by atoms with Crippen LogP contribution in [0.5, 0.6) is 0 Å². The van der Waals surface area contributed by atoms with Crippen molar-refractivity contribution in [2.75, 3.05) is 0 Å². The van der Waals surface area contributed by atoms with Crippen LogP contribution in [0.2, 0.25) is 0 Å². The minimum Gasteiger partial charge on any atom is -0.258 e. The second-order valence-corrected chi connectivity index (χ2v) is 3.15. The number of benzene rings is 1. The summed E-state index contributed by atoms with van der Waals surface area (Å²) in [5.74, 6) is 0. The number of nitrogens with zero attached hydrogens (tertiary/aromatic N) is 3. The highest BCUT2D eigenvalue weighted by Gasteiger charge is 2.38. The average molecular weight is 240 g/mol. The number of nitro benzene ring substituents is 3. The Morgan fingerprint density at radius 1 is 1.00 bits per heavy atom. The molecule has 0 spiro atoms. The van der Waals surface area contributed by atoms with E-state index in [0.717, 1.165) is 6.07 Å². The maximum atomic E-state index is 10.7. The third-order valence-electron chi connectivity index (χ3n) is 2.18. The molecule has 0 aliphatic rings. The Bertz CT molecular complexity index is 539. The lowest BCUT2D eigenvalue weighted by Gasteiger charge is -2.02. The van der Waals surface area contributed by atoms with Crippen molar-refractivity contribution in [3.05, 3.63) is 54.5 Å². The molecule has 0 atom stereocenters. The van der Waals surface area contributed by atoms with E-state index >= 15 is 0 Å². The minimum atomic E-state index is -1.14. The van der Waals surface area contributed by atoms with E-state index in [0.29, 0.717) is 0 Å². The van der Waals surface area contributed by atoms with Crippen LogP contribution in [0, 0.1) is 44.2 Å². The normalized spacial score (nSPS) is 10.0. The monoisotopic (exact) mass is 240 g/mol. The van der Waals surface area contributed by atoms with E-state index in [1.54, 1.807) is 0 Å². The summed E-state index contributed by atoms with van der Waals surface area (Å²) >= 11 is 0. The van der Waals surface area contributed by atoms with Crippen LogP contribution in [0.1, 0.15) is 11.1 Å². The second kappa shape index (κ2) is 4.12. The van der Waals surface area contributed by atoms with Gasteiger partial charge in [0.1, 0.15) is 0 Å². The summed E-state index contributed by atoms with van der Waals surface area (Å²) in [4.78, 5) is 28.8. The van der Waals surface area contributed by atoms with E-state index in [9.17, 15) is 30.3 Å². The minimum absolute atomic E-state index is 0.00833. The van der Waals surface area contributed by atoms with Gasteiger partial charge in [0.25, 0.3) is 0 Å². The Morgan fingerprint density at radius 2 is 1.47 bits per heavy atom. The lowest BCUT2D eigenvalue weighted by molar-refractivity contribution is -0.441. The van der Waals surface area contributed by atoms with Gasteiger partial charge in [-0.1, -0.05) is 0 Å². The van der Waals surface area contributed by atoms with Crippen molar-refractivity contribution in [2.45, 2.75) is 6.92 Å². The first kappa shape index (κ1) is 12.5. The summed E-state index contributed by atoms with van der Waals surface area (Å²) in [5.41, 5.74) is -3.00. The molecule has 17 heavy (non-hydrogen) atoms. The van der Waals surface area contributed by atoms with E-state index in [-0.39, 0.29) is 11.1 Å². The predicted octanol–water partition coefficient (Wildman–Crippen LogP) is 1.90. The van der Waals surface area contributed by atoms with Gasteiger partial charge in [0.05, 0.1) is 14.8 Å². The van der Waals surface area contributed by atoms with Crippen molar-refractivity contribution >= 4 is 17.1 Å². The summed E-state index contributed by atoms with van der Waals surface area (Å²) < 4.78 is 0. The Morgan fingerprint density at radius 3 is 1.82 bits per heavy atom. The molecular weight excluding hydrogens is 234 g/mol. The van der Waals surface area contributed by atoms with E-state index in [1.165, 1.54) is 6.92 Å². The summed E-state index contributed by atoms with van der Waals surface area (Å²) in [6.07, 6.45) is 0. The summed E-state index contributed by atoms with van der Waals surface area (Å²) in [5, 5.41) is 32.0. The molecule has 1 aromatic carbocycles. The van der Waals surface area contributed by atoms with Crippen molar-refractivity contribution in [3.8, 4) is 0 Å². The van der Waals surface area contributed by atoms with Gasteiger partial charge in [-0.05, 0) is 19.4 Å². The van der Waals surface area contributed by atoms with Crippen LogP contribution in [0.3, 0.4) is 0 Å². The zero-order chi connectivity index (χ0) is 13.3.